The molecule has 2 N–H and O–H groups in total. The van der Waals surface area contributed by atoms with Crippen molar-refractivity contribution in [3.8, 4) is 0 Å². The summed E-state index contributed by atoms with van der Waals surface area (Å²) < 4.78 is 0. The van der Waals surface area contributed by atoms with Gasteiger partial charge in [0, 0.05) is 23.2 Å². The molecule has 6 atom stereocenters. The zero-order valence-corrected chi connectivity index (χ0v) is 27.3. The predicted molar refractivity (Wildman–Crippen MR) is 174 cm³/mol. The minimum atomic E-state index is 0.199. The van der Waals surface area contributed by atoms with Crippen molar-refractivity contribution in [3.05, 3.63) is 0 Å². The molecule has 0 heterocycles. The number of hydrogen-bond acceptors (Lipinski definition) is 2. The summed E-state index contributed by atoms with van der Waals surface area (Å²) in [6.45, 7) is 0. The Morgan fingerprint density at radius 3 is 1.05 bits per heavy atom. The van der Waals surface area contributed by atoms with Gasteiger partial charge < -0.3 is 20.0 Å². The molecule has 0 radical (unpaired) electrons. The average Bonchev–Trinajstić information content (AvgIpc) is 3.70. The monoisotopic (exact) mass is 610 g/mol. The van der Waals surface area contributed by atoms with E-state index in [1.165, 1.54) is 128 Å². The molecule has 12 saturated carbocycles. The molecular formula is C36H54N2O2S2. The summed E-state index contributed by atoms with van der Waals surface area (Å²) in [5.41, 5.74) is 0.457. The fraction of sp³-hybridized carbons (Fsp3) is 0.944. The molecule has 6 unspecified atom stereocenters. The highest BCUT2D eigenvalue weighted by molar-refractivity contribution is 7.80. The van der Waals surface area contributed by atoms with Gasteiger partial charge in [0.15, 0.2) is 0 Å². The Balaban J connectivity index is 0.000000124. The highest BCUT2D eigenvalue weighted by atomic mass is 32.1. The molecule has 12 rings (SSSR count). The lowest BCUT2D eigenvalue weighted by Crippen LogP contribution is -2.71. The first-order chi connectivity index (χ1) is 20.3. The van der Waals surface area contributed by atoms with Gasteiger partial charge in [-0.2, -0.15) is 0 Å². The number of fused-ring (bicyclic) bond motifs is 4. The summed E-state index contributed by atoms with van der Waals surface area (Å²) in [4.78, 5) is 4.83. The Morgan fingerprint density at radius 2 is 0.810 bits per heavy atom. The molecule has 0 saturated heterocycles. The van der Waals surface area contributed by atoms with Gasteiger partial charge in [0.2, 0.25) is 0 Å². The van der Waals surface area contributed by atoms with Crippen LogP contribution in [-0.2, 0) is 0 Å². The zero-order valence-electron chi connectivity index (χ0n) is 25.7. The molecule has 12 aliphatic rings. The molecular weight excluding hydrogens is 557 g/mol. The van der Waals surface area contributed by atoms with Crippen molar-refractivity contribution in [1.82, 2.24) is 9.80 Å². The van der Waals surface area contributed by atoms with Gasteiger partial charge >= 0.3 is 0 Å². The first-order valence-electron chi connectivity index (χ1n) is 18.3. The van der Waals surface area contributed by atoms with E-state index in [2.05, 4.69) is 9.80 Å². The van der Waals surface area contributed by atoms with E-state index in [0.29, 0.717) is 12.1 Å². The molecule has 12 aliphatic carbocycles. The first-order valence-corrected chi connectivity index (χ1v) is 19.1. The van der Waals surface area contributed by atoms with Crippen LogP contribution in [0.4, 0.5) is 0 Å². The second kappa shape index (κ2) is 9.94. The van der Waals surface area contributed by atoms with E-state index in [9.17, 15) is 10.2 Å². The van der Waals surface area contributed by atoms with Crippen molar-refractivity contribution >= 4 is 34.8 Å². The second-order valence-electron chi connectivity index (χ2n) is 18.1. The van der Waals surface area contributed by atoms with Crippen LogP contribution in [0.15, 0.2) is 0 Å². The predicted octanol–water partition coefficient (Wildman–Crippen LogP) is 8.58. The molecule has 0 aromatic heterocycles. The molecule has 4 nitrogen and oxygen atoms in total. The largest absolute Gasteiger partial charge is 0.486 e. The fourth-order valence-corrected chi connectivity index (χ4v) is 15.9. The SMILES string of the molecule is OC(=S)N(C12CC3CC(CC(C3)C1)C2)C12CC3CC(CC(C3)C1)C2.OC(=S)N(C1CC2CCC1C2)C1CC2CCC1C2. The van der Waals surface area contributed by atoms with Gasteiger partial charge in [-0.3, -0.25) is 0 Å². The number of aliphatic hydroxyl groups excluding tert-OH is 2. The van der Waals surface area contributed by atoms with Crippen molar-refractivity contribution in [2.45, 2.75) is 152 Å². The third kappa shape index (κ3) is 4.36. The van der Waals surface area contributed by atoms with E-state index in [-0.39, 0.29) is 21.4 Å². The van der Waals surface area contributed by atoms with Gasteiger partial charge in [0.1, 0.15) is 0 Å². The van der Waals surface area contributed by atoms with Crippen molar-refractivity contribution in [2.24, 2.45) is 59.2 Å². The van der Waals surface area contributed by atoms with Gasteiger partial charge in [-0.1, -0.05) is 12.8 Å². The van der Waals surface area contributed by atoms with Crippen LogP contribution in [0.5, 0.6) is 0 Å². The number of thiocarbonyl (C=S) groups is 2. The van der Waals surface area contributed by atoms with E-state index in [1.54, 1.807) is 0 Å². The number of aliphatic hydroxyl groups is 2. The standard InChI is InChI=1S/C21H31NOS.C15H23NOS/c23-19(24)22(20-7-13-1-14(8-20)3-15(2-13)9-20)21-10-16-4-17(11-21)6-18(5-16)12-21;17-15(18)16(13-7-9-1-3-11(13)5-9)14-8-10-2-4-12(14)6-10/h13-18H,1-12H2,(H,23,24);9-14H,1-8H2,(H,17,18). The topological polar surface area (TPSA) is 46.9 Å². The Bertz CT molecular complexity index is 981. The van der Waals surface area contributed by atoms with Crippen molar-refractivity contribution < 1.29 is 10.2 Å². The number of rotatable bonds is 4. The lowest BCUT2D eigenvalue weighted by molar-refractivity contribution is -0.150. The van der Waals surface area contributed by atoms with Gasteiger partial charge in [-0.25, -0.2) is 0 Å². The van der Waals surface area contributed by atoms with Crippen LogP contribution >= 0.6 is 24.4 Å². The number of nitrogens with zero attached hydrogens (tertiary/aromatic N) is 2. The minimum absolute atomic E-state index is 0.199. The molecule has 0 amide bonds. The van der Waals surface area contributed by atoms with Crippen LogP contribution < -0.4 is 0 Å². The van der Waals surface area contributed by atoms with Crippen LogP contribution in [0, 0.1) is 59.2 Å². The molecule has 12 bridgehead atoms. The van der Waals surface area contributed by atoms with Gasteiger partial charge in [-0.15, -0.1) is 0 Å². The Morgan fingerprint density at radius 1 is 0.452 bits per heavy atom. The summed E-state index contributed by atoms with van der Waals surface area (Å²) in [5.74, 6) is 9.00. The average molecular weight is 611 g/mol. The maximum absolute atomic E-state index is 10.8. The molecule has 0 aromatic carbocycles. The molecule has 0 spiro atoms. The highest BCUT2D eigenvalue weighted by Gasteiger charge is 2.62. The zero-order chi connectivity index (χ0) is 28.4. The van der Waals surface area contributed by atoms with E-state index in [1.807, 2.05) is 0 Å². The lowest BCUT2D eigenvalue weighted by Gasteiger charge is -2.68. The molecule has 0 aliphatic heterocycles. The first kappa shape index (κ1) is 27.7. The minimum Gasteiger partial charge on any atom is -0.486 e. The van der Waals surface area contributed by atoms with E-state index in [4.69, 9.17) is 24.4 Å². The van der Waals surface area contributed by atoms with Crippen molar-refractivity contribution in [3.63, 3.8) is 0 Å². The maximum atomic E-state index is 10.8. The normalized spacial score (nSPS) is 53.3. The second-order valence-corrected chi connectivity index (χ2v) is 18.8. The Hall–Kier alpha value is -0.620. The lowest BCUT2D eigenvalue weighted by atomic mass is 9.48. The van der Waals surface area contributed by atoms with Gasteiger partial charge in [0.25, 0.3) is 10.3 Å². The fourth-order valence-electron chi connectivity index (χ4n) is 15.2. The molecule has 42 heavy (non-hydrogen) atoms. The molecule has 0 aromatic rings. The quantitative estimate of drug-likeness (QED) is 0.311. The van der Waals surface area contributed by atoms with Crippen LogP contribution in [0.3, 0.4) is 0 Å². The summed E-state index contributed by atoms with van der Waals surface area (Å²) in [7, 11) is 0. The van der Waals surface area contributed by atoms with Crippen molar-refractivity contribution in [2.75, 3.05) is 0 Å². The smallest absolute Gasteiger partial charge is 0.257 e. The third-order valence-corrected chi connectivity index (χ3v) is 15.9. The number of hydrogen-bond donors (Lipinski definition) is 2. The summed E-state index contributed by atoms with van der Waals surface area (Å²) in [6.07, 6.45) is 27.7. The highest BCUT2D eigenvalue weighted by Crippen LogP contribution is 2.64. The molecule has 232 valence electrons. The van der Waals surface area contributed by atoms with Crippen LogP contribution in [-0.4, -0.2) is 53.5 Å². The third-order valence-electron chi connectivity index (χ3n) is 15.5. The van der Waals surface area contributed by atoms with Crippen molar-refractivity contribution in [1.29, 1.82) is 0 Å². The van der Waals surface area contributed by atoms with E-state index < -0.39 is 0 Å². The van der Waals surface area contributed by atoms with E-state index >= 15 is 0 Å². The van der Waals surface area contributed by atoms with Gasteiger partial charge in [-0.05, 0) is 199 Å². The summed E-state index contributed by atoms with van der Waals surface area (Å²) in [6, 6.07) is 1.15. The van der Waals surface area contributed by atoms with Gasteiger partial charge in [0.05, 0.1) is 0 Å². The summed E-state index contributed by atoms with van der Waals surface area (Å²) >= 11 is 10.8. The molecule has 6 heteroatoms. The van der Waals surface area contributed by atoms with E-state index in [0.717, 1.165) is 59.2 Å². The van der Waals surface area contributed by atoms with Crippen LogP contribution in [0.1, 0.15) is 128 Å². The Kier molecular flexibility index (Phi) is 6.55. The van der Waals surface area contributed by atoms with Crippen LogP contribution in [0.2, 0.25) is 0 Å². The maximum Gasteiger partial charge on any atom is 0.257 e. The van der Waals surface area contributed by atoms with Crippen LogP contribution in [0.25, 0.3) is 0 Å². The summed E-state index contributed by atoms with van der Waals surface area (Å²) in [5, 5.41) is 21.3. The molecule has 12 fully saturated rings. The Labute approximate surface area is 264 Å².